The van der Waals surface area contributed by atoms with Crippen LogP contribution in [0.15, 0.2) is 66.1 Å². The van der Waals surface area contributed by atoms with Crippen molar-refractivity contribution >= 4 is 51.6 Å². The van der Waals surface area contributed by atoms with Crippen LogP contribution in [0.1, 0.15) is 18.2 Å². The van der Waals surface area contributed by atoms with E-state index in [-0.39, 0.29) is 11.8 Å². The molecule has 2 aromatic carbocycles. The third-order valence-electron chi connectivity index (χ3n) is 4.11. The summed E-state index contributed by atoms with van der Waals surface area (Å²) in [6.45, 7) is 1.95. The summed E-state index contributed by atoms with van der Waals surface area (Å²) >= 11 is 7.34. The first-order chi connectivity index (χ1) is 13.9. The molecule has 0 fully saturated rings. The highest BCUT2D eigenvalue weighted by molar-refractivity contribution is 7.14. The van der Waals surface area contributed by atoms with Crippen molar-refractivity contribution in [2.45, 2.75) is 13.5 Å². The van der Waals surface area contributed by atoms with Crippen LogP contribution in [0.2, 0.25) is 5.02 Å². The molecule has 0 saturated carbocycles. The topological polar surface area (TPSA) is 53.5 Å². The van der Waals surface area contributed by atoms with E-state index in [4.69, 9.17) is 11.6 Å². The van der Waals surface area contributed by atoms with Gasteiger partial charge in [0.15, 0.2) is 5.13 Å². The summed E-state index contributed by atoms with van der Waals surface area (Å²) in [4.78, 5) is 32.1. The zero-order valence-electron chi connectivity index (χ0n) is 16.1. The lowest BCUT2D eigenvalue weighted by Crippen LogP contribution is -2.24. The Labute approximate surface area is 178 Å². The first kappa shape index (κ1) is 20.8. The molecule has 0 aliphatic heterocycles. The number of carbonyl (C=O) groups is 2. The minimum atomic E-state index is -0.147. The van der Waals surface area contributed by atoms with E-state index in [9.17, 15) is 9.59 Å². The molecule has 0 saturated heterocycles. The Balaban J connectivity index is 1.69. The molecule has 0 spiro atoms. The summed E-state index contributed by atoms with van der Waals surface area (Å²) in [5.74, 6) is -0.274. The maximum absolute atomic E-state index is 12.4. The number of amides is 2. The second-order valence-corrected chi connectivity index (χ2v) is 7.68. The third kappa shape index (κ3) is 5.53. The van der Waals surface area contributed by atoms with Gasteiger partial charge < -0.3 is 4.90 Å². The van der Waals surface area contributed by atoms with Crippen molar-refractivity contribution in [1.82, 2.24) is 9.88 Å². The van der Waals surface area contributed by atoms with Crippen molar-refractivity contribution in [3.63, 3.8) is 0 Å². The number of anilines is 2. The molecule has 5 nitrogen and oxygen atoms in total. The molecule has 7 heteroatoms. The molecule has 1 heterocycles. The van der Waals surface area contributed by atoms with Crippen LogP contribution in [0.5, 0.6) is 0 Å². The average molecular weight is 426 g/mol. The van der Waals surface area contributed by atoms with Crippen LogP contribution in [0.4, 0.5) is 10.8 Å². The van der Waals surface area contributed by atoms with Crippen LogP contribution in [0, 0.1) is 0 Å². The van der Waals surface area contributed by atoms with Gasteiger partial charge in [-0.05, 0) is 35.9 Å². The molecule has 3 aromatic rings. The van der Waals surface area contributed by atoms with E-state index in [1.165, 1.54) is 24.3 Å². The number of nitrogens with zero attached hydrogens (tertiary/aromatic N) is 3. The first-order valence-electron chi connectivity index (χ1n) is 8.93. The Morgan fingerprint density at radius 1 is 1.14 bits per heavy atom. The standard InChI is InChI=1S/C22H20ClN3O2S/c1-16(27)26(20-9-4-3-5-10-20)22-24-19(15-29-22)11-12-21(28)25(2)14-17-7-6-8-18(23)13-17/h3-13,15H,14H2,1-2H3/b12-11+. The van der Waals surface area contributed by atoms with Gasteiger partial charge in [0.25, 0.3) is 0 Å². The highest BCUT2D eigenvalue weighted by Gasteiger charge is 2.17. The lowest BCUT2D eigenvalue weighted by molar-refractivity contribution is -0.125. The normalized spacial score (nSPS) is 10.9. The predicted octanol–water partition coefficient (Wildman–Crippen LogP) is 5.15. The Bertz CT molecular complexity index is 1030. The lowest BCUT2D eigenvalue weighted by Gasteiger charge is -2.17. The molecular formula is C22H20ClN3O2S. The van der Waals surface area contributed by atoms with Crippen molar-refractivity contribution in [2.24, 2.45) is 0 Å². The van der Waals surface area contributed by atoms with Crippen molar-refractivity contribution in [2.75, 3.05) is 11.9 Å². The smallest absolute Gasteiger partial charge is 0.246 e. The van der Waals surface area contributed by atoms with E-state index in [0.29, 0.717) is 22.4 Å². The van der Waals surface area contributed by atoms with Gasteiger partial charge in [0, 0.05) is 37.0 Å². The van der Waals surface area contributed by atoms with Crippen LogP contribution < -0.4 is 4.90 Å². The van der Waals surface area contributed by atoms with Gasteiger partial charge in [-0.25, -0.2) is 4.98 Å². The summed E-state index contributed by atoms with van der Waals surface area (Å²) in [6.07, 6.45) is 3.13. The quantitative estimate of drug-likeness (QED) is 0.513. The fourth-order valence-corrected chi connectivity index (χ4v) is 3.80. The molecule has 0 aliphatic rings. The fourth-order valence-electron chi connectivity index (χ4n) is 2.73. The Morgan fingerprint density at radius 2 is 1.90 bits per heavy atom. The highest BCUT2D eigenvalue weighted by Crippen LogP contribution is 2.29. The van der Waals surface area contributed by atoms with Gasteiger partial charge in [-0.2, -0.15) is 0 Å². The van der Waals surface area contributed by atoms with Crippen LogP contribution in [-0.4, -0.2) is 28.7 Å². The number of carbonyl (C=O) groups excluding carboxylic acids is 2. The number of likely N-dealkylation sites (N-methyl/N-ethyl adjacent to an activating group) is 1. The zero-order chi connectivity index (χ0) is 20.8. The monoisotopic (exact) mass is 425 g/mol. The number of aromatic nitrogens is 1. The number of thiazole rings is 1. The summed E-state index contributed by atoms with van der Waals surface area (Å²) in [5, 5.41) is 3.01. The highest BCUT2D eigenvalue weighted by atomic mass is 35.5. The van der Waals surface area contributed by atoms with Gasteiger partial charge >= 0.3 is 0 Å². The van der Waals surface area contributed by atoms with Gasteiger partial charge in [0.1, 0.15) is 0 Å². The lowest BCUT2D eigenvalue weighted by atomic mass is 10.2. The van der Waals surface area contributed by atoms with Crippen molar-refractivity contribution < 1.29 is 9.59 Å². The van der Waals surface area contributed by atoms with Crippen molar-refractivity contribution in [1.29, 1.82) is 0 Å². The maximum atomic E-state index is 12.4. The first-order valence-corrected chi connectivity index (χ1v) is 10.2. The van der Waals surface area contributed by atoms with Crippen molar-refractivity contribution in [3.05, 3.63) is 82.3 Å². The summed E-state index contributed by atoms with van der Waals surface area (Å²) < 4.78 is 0. The third-order valence-corrected chi connectivity index (χ3v) is 5.19. The number of para-hydroxylation sites is 1. The molecule has 0 N–H and O–H groups in total. The van der Waals surface area contributed by atoms with Crippen LogP contribution in [-0.2, 0) is 16.1 Å². The molecule has 0 bridgehead atoms. The van der Waals surface area contributed by atoms with Gasteiger partial charge in [-0.15, -0.1) is 11.3 Å². The Morgan fingerprint density at radius 3 is 2.59 bits per heavy atom. The minimum Gasteiger partial charge on any atom is -0.338 e. The summed E-state index contributed by atoms with van der Waals surface area (Å²) in [5.41, 5.74) is 2.33. The fraction of sp³-hybridized carbons (Fsp3) is 0.136. The number of rotatable bonds is 6. The molecular weight excluding hydrogens is 406 g/mol. The minimum absolute atomic E-state index is 0.126. The van der Waals surface area contributed by atoms with Crippen LogP contribution in [0.25, 0.3) is 6.08 Å². The molecule has 0 atom stereocenters. The number of hydrogen-bond acceptors (Lipinski definition) is 4. The van der Waals surface area contributed by atoms with Gasteiger partial charge in [0.2, 0.25) is 11.8 Å². The number of halogens is 1. The van der Waals surface area contributed by atoms with Crippen molar-refractivity contribution in [3.8, 4) is 0 Å². The van der Waals surface area contributed by atoms with E-state index in [1.54, 1.807) is 29.0 Å². The summed E-state index contributed by atoms with van der Waals surface area (Å²) in [6, 6.07) is 16.8. The molecule has 1 aromatic heterocycles. The number of benzene rings is 2. The second kappa shape index (κ2) is 9.49. The molecule has 148 valence electrons. The summed E-state index contributed by atoms with van der Waals surface area (Å²) in [7, 11) is 1.73. The molecule has 3 rings (SSSR count). The van der Waals surface area contributed by atoms with Gasteiger partial charge in [-0.3, -0.25) is 14.5 Å². The predicted molar refractivity (Wildman–Crippen MR) is 118 cm³/mol. The van der Waals surface area contributed by atoms with E-state index in [2.05, 4.69) is 4.98 Å². The van der Waals surface area contributed by atoms with Gasteiger partial charge in [-0.1, -0.05) is 41.9 Å². The average Bonchev–Trinajstić information content (AvgIpc) is 3.15. The number of hydrogen-bond donors (Lipinski definition) is 0. The largest absolute Gasteiger partial charge is 0.338 e. The van der Waals surface area contributed by atoms with Crippen LogP contribution >= 0.6 is 22.9 Å². The Kier molecular flexibility index (Phi) is 6.80. The molecule has 0 radical (unpaired) electrons. The Hall–Kier alpha value is -2.96. The SMILES string of the molecule is CC(=O)N(c1ccccc1)c1nc(/C=C/C(=O)N(C)Cc2cccc(Cl)c2)cs1. The molecule has 2 amide bonds. The van der Waals surface area contributed by atoms with E-state index in [1.807, 2.05) is 53.9 Å². The van der Waals surface area contributed by atoms with Gasteiger partial charge in [0.05, 0.1) is 11.4 Å². The maximum Gasteiger partial charge on any atom is 0.246 e. The van der Waals surface area contributed by atoms with E-state index < -0.39 is 0 Å². The van der Waals surface area contributed by atoms with E-state index >= 15 is 0 Å². The van der Waals surface area contributed by atoms with Crippen LogP contribution in [0.3, 0.4) is 0 Å². The van der Waals surface area contributed by atoms with E-state index in [0.717, 1.165) is 11.3 Å². The molecule has 29 heavy (non-hydrogen) atoms. The zero-order valence-corrected chi connectivity index (χ0v) is 17.7. The molecule has 0 aliphatic carbocycles. The molecule has 0 unspecified atom stereocenters. The second-order valence-electron chi connectivity index (χ2n) is 6.40.